The maximum atomic E-state index is 13.1. The highest BCUT2D eigenvalue weighted by Crippen LogP contribution is 2.37. The number of hydrogen-bond acceptors (Lipinski definition) is 5. The lowest BCUT2D eigenvalue weighted by molar-refractivity contribution is -0.139. The van der Waals surface area contributed by atoms with E-state index in [0.717, 1.165) is 16.2 Å². The number of anilines is 1. The van der Waals surface area contributed by atoms with Crippen LogP contribution >= 0.6 is 11.3 Å². The Morgan fingerprint density at radius 1 is 1.27 bits per heavy atom. The molecule has 1 fully saturated rings. The summed E-state index contributed by atoms with van der Waals surface area (Å²) in [5.74, 6) is 0. The van der Waals surface area contributed by atoms with E-state index >= 15 is 0 Å². The summed E-state index contributed by atoms with van der Waals surface area (Å²) in [6.45, 7) is 3.13. The van der Waals surface area contributed by atoms with Crippen LogP contribution in [0.2, 0.25) is 0 Å². The molecule has 0 saturated carbocycles. The van der Waals surface area contributed by atoms with Gasteiger partial charge >= 0.3 is 6.18 Å². The Morgan fingerprint density at radius 2 is 2.05 bits per heavy atom. The highest BCUT2D eigenvalue weighted by molar-refractivity contribution is 7.15. The minimum Gasteiger partial charge on any atom is -0.370 e. The smallest absolute Gasteiger partial charge is 0.370 e. The number of ether oxygens (including phenoxy) is 1. The van der Waals surface area contributed by atoms with Gasteiger partial charge in [0.25, 0.3) is 0 Å². The van der Waals surface area contributed by atoms with Gasteiger partial charge in [-0.1, -0.05) is 29.5 Å². The fourth-order valence-electron chi connectivity index (χ4n) is 2.46. The number of halogens is 3. The Labute approximate surface area is 129 Å². The summed E-state index contributed by atoms with van der Waals surface area (Å²) >= 11 is 1.43. The first kappa shape index (κ1) is 15.2. The summed E-state index contributed by atoms with van der Waals surface area (Å²) in [6, 6.07) is 5.55. The molecule has 0 bridgehead atoms. The van der Waals surface area contributed by atoms with Gasteiger partial charge in [0.05, 0.1) is 18.7 Å². The predicted molar refractivity (Wildman–Crippen MR) is 77.0 cm³/mol. The van der Waals surface area contributed by atoms with E-state index in [1.54, 1.807) is 6.07 Å². The van der Waals surface area contributed by atoms with Crippen molar-refractivity contribution in [3.63, 3.8) is 0 Å². The molecule has 1 atom stereocenters. The van der Waals surface area contributed by atoms with E-state index in [1.165, 1.54) is 23.5 Å². The Hall–Kier alpha value is -1.67. The Morgan fingerprint density at radius 3 is 2.73 bits per heavy atom. The molecule has 4 nitrogen and oxygen atoms in total. The van der Waals surface area contributed by atoms with Crippen molar-refractivity contribution < 1.29 is 17.9 Å². The van der Waals surface area contributed by atoms with Crippen LogP contribution in [0.5, 0.6) is 0 Å². The fourth-order valence-corrected chi connectivity index (χ4v) is 3.18. The van der Waals surface area contributed by atoms with Crippen molar-refractivity contribution in [3.05, 3.63) is 40.4 Å². The van der Waals surface area contributed by atoms with Gasteiger partial charge in [0, 0.05) is 6.54 Å². The Kier molecular flexibility index (Phi) is 4.05. The van der Waals surface area contributed by atoms with E-state index in [1.807, 2.05) is 11.8 Å². The number of alkyl halides is 3. The Balaban J connectivity index is 1.86. The van der Waals surface area contributed by atoms with Gasteiger partial charge in [0.1, 0.15) is 11.1 Å². The van der Waals surface area contributed by atoms with Crippen LogP contribution in [0.25, 0.3) is 0 Å². The second kappa shape index (κ2) is 5.85. The Bertz CT molecular complexity index is 659. The van der Waals surface area contributed by atoms with Gasteiger partial charge < -0.3 is 9.64 Å². The minimum atomic E-state index is -4.39. The number of morpholine rings is 1. The second-order valence-corrected chi connectivity index (χ2v) is 6.15. The molecule has 1 aromatic heterocycles. The molecule has 22 heavy (non-hydrogen) atoms. The van der Waals surface area contributed by atoms with E-state index in [4.69, 9.17) is 4.74 Å². The van der Waals surface area contributed by atoms with Gasteiger partial charge in [-0.25, -0.2) is 0 Å². The molecule has 0 radical (unpaired) electrons. The first-order chi connectivity index (χ1) is 10.4. The number of nitrogens with zero attached hydrogens (tertiary/aromatic N) is 3. The van der Waals surface area contributed by atoms with Gasteiger partial charge in [0.2, 0.25) is 5.13 Å². The highest BCUT2D eigenvalue weighted by atomic mass is 32.1. The highest BCUT2D eigenvalue weighted by Gasteiger charge is 2.36. The van der Waals surface area contributed by atoms with Gasteiger partial charge in [-0.3, -0.25) is 0 Å². The number of aryl methyl sites for hydroxylation is 1. The van der Waals surface area contributed by atoms with E-state index < -0.39 is 17.8 Å². The summed E-state index contributed by atoms with van der Waals surface area (Å²) in [5.41, 5.74) is -0.476. The van der Waals surface area contributed by atoms with Crippen molar-refractivity contribution in [2.24, 2.45) is 0 Å². The van der Waals surface area contributed by atoms with Crippen molar-refractivity contribution in [3.8, 4) is 0 Å². The molecule has 0 aliphatic carbocycles. The third-order valence-electron chi connectivity index (χ3n) is 3.47. The maximum absolute atomic E-state index is 13.1. The molecule has 1 unspecified atom stereocenters. The number of rotatable bonds is 2. The molecule has 2 heterocycles. The van der Waals surface area contributed by atoms with Crippen molar-refractivity contribution >= 4 is 16.5 Å². The molecule has 0 amide bonds. The molecule has 1 aliphatic heterocycles. The number of hydrogen-bond donors (Lipinski definition) is 0. The molecule has 0 spiro atoms. The maximum Gasteiger partial charge on any atom is 0.416 e. The van der Waals surface area contributed by atoms with Crippen LogP contribution in [-0.2, 0) is 10.9 Å². The lowest BCUT2D eigenvalue weighted by Gasteiger charge is -2.33. The first-order valence-corrected chi connectivity index (χ1v) is 7.59. The first-order valence-electron chi connectivity index (χ1n) is 6.78. The normalized spacial score (nSPS) is 19.5. The number of aromatic nitrogens is 2. The van der Waals surface area contributed by atoms with E-state index in [9.17, 15) is 13.2 Å². The quantitative estimate of drug-likeness (QED) is 0.846. The fraction of sp³-hybridized carbons (Fsp3) is 0.429. The van der Waals surface area contributed by atoms with Crippen molar-refractivity contribution in [1.29, 1.82) is 0 Å². The summed E-state index contributed by atoms with van der Waals surface area (Å²) in [4.78, 5) is 1.92. The van der Waals surface area contributed by atoms with Crippen LogP contribution in [0.3, 0.4) is 0 Å². The zero-order valence-electron chi connectivity index (χ0n) is 11.8. The van der Waals surface area contributed by atoms with Crippen LogP contribution < -0.4 is 4.90 Å². The SMILES string of the molecule is Cc1nnc(N2CCOC(c3ccccc3C(F)(F)F)C2)s1. The van der Waals surface area contributed by atoms with E-state index in [-0.39, 0.29) is 5.56 Å². The van der Waals surface area contributed by atoms with Gasteiger partial charge in [-0.2, -0.15) is 13.2 Å². The average Bonchev–Trinajstić information content (AvgIpc) is 2.93. The summed E-state index contributed by atoms with van der Waals surface area (Å²) in [6.07, 6.45) is -5.02. The van der Waals surface area contributed by atoms with E-state index in [0.29, 0.717) is 19.7 Å². The lowest BCUT2D eigenvalue weighted by atomic mass is 10.0. The van der Waals surface area contributed by atoms with Crippen molar-refractivity contribution in [1.82, 2.24) is 10.2 Å². The molecule has 2 aromatic rings. The van der Waals surface area contributed by atoms with Crippen LogP contribution in [0.15, 0.2) is 24.3 Å². The molecular weight excluding hydrogens is 315 g/mol. The minimum absolute atomic E-state index is 0.168. The molecule has 3 rings (SSSR count). The van der Waals surface area contributed by atoms with Crippen LogP contribution in [0, 0.1) is 6.92 Å². The zero-order valence-corrected chi connectivity index (χ0v) is 12.6. The molecule has 1 aliphatic rings. The molecule has 1 aromatic carbocycles. The summed E-state index contributed by atoms with van der Waals surface area (Å²) in [7, 11) is 0. The summed E-state index contributed by atoms with van der Waals surface area (Å²) < 4.78 is 45.0. The zero-order chi connectivity index (χ0) is 15.7. The third-order valence-corrected chi connectivity index (χ3v) is 4.36. The van der Waals surface area contributed by atoms with Crippen LogP contribution in [0.4, 0.5) is 18.3 Å². The topological polar surface area (TPSA) is 38.2 Å². The molecule has 8 heteroatoms. The second-order valence-electron chi connectivity index (χ2n) is 4.99. The molecular formula is C14H14F3N3OS. The van der Waals surface area contributed by atoms with Crippen molar-refractivity contribution in [2.75, 3.05) is 24.6 Å². The van der Waals surface area contributed by atoms with Crippen LogP contribution in [-0.4, -0.2) is 29.9 Å². The van der Waals surface area contributed by atoms with E-state index in [2.05, 4.69) is 10.2 Å². The van der Waals surface area contributed by atoms with Gasteiger partial charge in [0.15, 0.2) is 0 Å². The number of benzene rings is 1. The van der Waals surface area contributed by atoms with Gasteiger partial charge in [-0.15, -0.1) is 10.2 Å². The monoisotopic (exact) mass is 329 g/mol. The standard InChI is InChI=1S/C14H14F3N3OS/c1-9-18-19-13(22-9)20-6-7-21-12(8-20)10-4-2-3-5-11(10)14(15,16)17/h2-5,12H,6-8H2,1H3. The molecule has 0 N–H and O–H groups in total. The third kappa shape index (κ3) is 3.07. The largest absolute Gasteiger partial charge is 0.416 e. The predicted octanol–water partition coefficient (Wildman–Crippen LogP) is 3.44. The lowest BCUT2D eigenvalue weighted by Crippen LogP contribution is -2.39. The van der Waals surface area contributed by atoms with Crippen molar-refractivity contribution in [2.45, 2.75) is 19.2 Å². The molecule has 1 saturated heterocycles. The molecule has 118 valence electrons. The summed E-state index contributed by atoms with van der Waals surface area (Å²) in [5, 5.41) is 9.55. The average molecular weight is 329 g/mol. The van der Waals surface area contributed by atoms with Gasteiger partial charge in [-0.05, 0) is 18.6 Å². The van der Waals surface area contributed by atoms with Crippen LogP contribution in [0.1, 0.15) is 22.2 Å².